The highest BCUT2D eigenvalue weighted by Gasteiger charge is 2.33. The minimum Gasteiger partial charge on any atom is -0.467 e. The summed E-state index contributed by atoms with van der Waals surface area (Å²) in [6.07, 6.45) is 4.55. The Labute approximate surface area is 225 Å². The van der Waals surface area contributed by atoms with Crippen molar-refractivity contribution in [3.63, 3.8) is 0 Å². The van der Waals surface area contributed by atoms with E-state index in [1.54, 1.807) is 30.5 Å². The van der Waals surface area contributed by atoms with E-state index in [-0.39, 0.29) is 30.8 Å². The number of amides is 3. The van der Waals surface area contributed by atoms with Gasteiger partial charge in [0, 0.05) is 5.69 Å². The van der Waals surface area contributed by atoms with Crippen LogP contribution in [-0.2, 0) is 29.0 Å². The maximum absolute atomic E-state index is 13.9. The zero-order valence-electron chi connectivity index (χ0n) is 21.1. The Balaban J connectivity index is 1.49. The molecule has 3 amide bonds. The fourth-order valence-corrected chi connectivity index (χ4v) is 5.37. The fourth-order valence-electron chi connectivity index (χ4n) is 4.73. The van der Waals surface area contributed by atoms with Gasteiger partial charge in [-0.3, -0.25) is 19.3 Å². The summed E-state index contributed by atoms with van der Waals surface area (Å²) in [7, 11) is 0. The number of aryl methyl sites for hydroxylation is 3. The lowest BCUT2D eigenvalue weighted by Crippen LogP contribution is -2.47. The van der Waals surface area contributed by atoms with Crippen molar-refractivity contribution in [1.82, 2.24) is 10.6 Å². The van der Waals surface area contributed by atoms with Crippen molar-refractivity contribution in [3.8, 4) is 0 Å². The number of thiophene rings is 1. The molecule has 1 aliphatic carbocycles. The third kappa shape index (κ3) is 5.70. The van der Waals surface area contributed by atoms with Crippen LogP contribution in [0.2, 0.25) is 0 Å². The molecule has 0 saturated carbocycles. The van der Waals surface area contributed by atoms with E-state index < -0.39 is 6.04 Å². The number of fused-ring (bicyclic) bond motifs is 1. The van der Waals surface area contributed by atoms with Crippen LogP contribution in [0.15, 0.2) is 82.8 Å². The molecular formula is C30H29N3O4S. The first-order valence-corrected chi connectivity index (χ1v) is 13.5. The molecule has 194 valence electrons. The summed E-state index contributed by atoms with van der Waals surface area (Å²) >= 11 is 1.31. The number of nitrogens with one attached hydrogen (secondary N) is 2. The Morgan fingerprint density at radius 3 is 2.53 bits per heavy atom. The SMILES string of the molecule is Cc1ccc([C@@H](C(=O)NCc2ccco2)N(C(=O)CNC(=O)c2cccs2)c2ccc3c(c2)CCC3)cc1. The van der Waals surface area contributed by atoms with Gasteiger partial charge in [0.05, 0.1) is 24.2 Å². The number of rotatable bonds is 9. The largest absolute Gasteiger partial charge is 0.467 e. The van der Waals surface area contributed by atoms with Crippen LogP contribution in [0, 0.1) is 6.92 Å². The van der Waals surface area contributed by atoms with Gasteiger partial charge in [0.2, 0.25) is 11.8 Å². The maximum Gasteiger partial charge on any atom is 0.261 e. The van der Waals surface area contributed by atoms with Crippen molar-refractivity contribution < 1.29 is 18.8 Å². The van der Waals surface area contributed by atoms with E-state index in [0.717, 1.165) is 24.8 Å². The van der Waals surface area contributed by atoms with Gasteiger partial charge in [-0.15, -0.1) is 11.3 Å². The van der Waals surface area contributed by atoms with Crippen molar-refractivity contribution in [1.29, 1.82) is 0 Å². The van der Waals surface area contributed by atoms with Gasteiger partial charge in [0.1, 0.15) is 11.8 Å². The van der Waals surface area contributed by atoms with E-state index >= 15 is 0 Å². The molecule has 0 radical (unpaired) electrons. The average Bonchev–Trinajstić information content (AvgIpc) is 3.72. The van der Waals surface area contributed by atoms with Crippen LogP contribution >= 0.6 is 11.3 Å². The molecule has 0 bridgehead atoms. The van der Waals surface area contributed by atoms with Crippen molar-refractivity contribution in [3.05, 3.63) is 111 Å². The van der Waals surface area contributed by atoms with E-state index in [0.29, 0.717) is 21.9 Å². The van der Waals surface area contributed by atoms with Gasteiger partial charge in [-0.05, 0) is 78.6 Å². The molecule has 7 nitrogen and oxygen atoms in total. The zero-order valence-corrected chi connectivity index (χ0v) is 21.9. The first-order chi connectivity index (χ1) is 18.5. The number of carbonyl (C=O) groups is 3. The molecule has 0 saturated heterocycles. The lowest BCUT2D eigenvalue weighted by molar-refractivity contribution is -0.126. The first kappa shape index (κ1) is 25.5. The Bertz CT molecular complexity index is 1410. The molecule has 8 heteroatoms. The van der Waals surface area contributed by atoms with Crippen molar-refractivity contribution >= 4 is 34.7 Å². The third-order valence-corrected chi connectivity index (χ3v) is 7.56. The van der Waals surface area contributed by atoms with E-state index in [4.69, 9.17) is 4.42 Å². The van der Waals surface area contributed by atoms with Crippen molar-refractivity contribution in [2.75, 3.05) is 11.4 Å². The van der Waals surface area contributed by atoms with Crippen LogP contribution in [0.4, 0.5) is 5.69 Å². The minimum atomic E-state index is -0.948. The number of nitrogens with zero attached hydrogens (tertiary/aromatic N) is 1. The molecule has 1 aliphatic rings. The van der Waals surface area contributed by atoms with Gasteiger partial charge in [0.25, 0.3) is 5.91 Å². The number of benzene rings is 2. The molecule has 2 aromatic carbocycles. The molecule has 0 fully saturated rings. The molecule has 5 rings (SSSR count). The summed E-state index contributed by atoms with van der Waals surface area (Å²) in [5.41, 5.74) is 4.79. The predicted molar refractivity (Wildman–Crippen MR) is 147 cm³/mol. The van der Waals surface area contributed by atoms with Gasteiger partial charge < -0.3 is 15.1 Å². The number of anilines is 1. The van der Waals surface area contributed by atoms with Crippen LogP contribution in [-0.4, -0.2) is 24.3 Å². The van der Waals surface area contributed by atoms with Crippen LogP contribution in [0.5, 0.6) is 0 Å². The molecule has 0 spiro atoms. The van der Waals surface area contributed by atoms with Crippen molar-refractivity contribution in [2.24, 2.45) is 0 Å². The van der Waals surface area contributed by atoms with E-state index in [2.05, 4.69) is 10.6 Å². The Morgan fingerprint density at radius 2 is 1.79 bits per heavy atom. The van der Waals surface area contributed by atoms with Gasteiger partial charge in [-0.25, -0.2) is 0 Å². The van der Waals surface area contributed by atoms with E-state index in [1.807, 2.05) is 54.8 Å². The highest BCUT2D eigenvalue weighted by Crippen LogP contribution is 2.32. The average molecular weight is 528 g/mol. The second kappa shape index (κ2) is 11.5. The molecule has 2 heterocycles. The van der Waals surface area contributed by atoms with Gasteiger partial charge in [-0.2, -0.15) is 0 Å². The lowest BCUT2D eigenvalue weighted by atomic mass is 10.0. The summed E-state index contributed by atoms with van der Waals surface area (Å²) in [5, 5.41) is 7.47. The van der Waals surface area contributed by atoms with Gasteiger partial charge >= 0.3 is 0 Å². The molecule has 38 heavy (non-hydrogen) atoms. The molecule has 2 N–H and O–H groups in total. The van der Waals surface area contributed by atoms with Crippen LogP contribution in [0.3, 0.4) is 0 Å². The predicted octanol–water partition coefficient (Wildman–Crippen LogP) is 4.96. The number of hydrogen-bond acceptors (Lipinski definition) is 5. The van der Waals surface area contributed by atoms with Crippen LogP contribution in [0.1, 0.15) is 50.1 Å². The summed E-state index contributed by atoms with van der Waals surface area (Å²) in [6, 6.07) is 19.6. The topological polar surface area (TPSA) is 91.7 Å². The monoisotopic (exact) mass is 527 g/mol. The Morgan fingerprint density at radius 1 is 0.974 bits per heavy atom. The molecule has 0 unspecified atom stereocenters. The standard InChI is InChI=1S/C30H29N3O4S/c1-20-9-11-22(12-10-20)28(30(36)31-18-25-7-3-15-37-25)33(24-14-13-21-5-2-6-23(21)17-24)27(34)19-32-29(35)26-8-4-16-38-26/h3-4,7-17,28H,2,5-6,18-19H2,1H3,(H,31,36)(H,32,35)/t28-/m0/s1. The number of furan rings is 1. The first-order valence-electron chi connectivity index (χ1n) is 12.6. The van der Waals surface area contributed by atoms with Crippen LogP contribution < -0.4 is 15.5 Å². The van der Waals surface area contributed by atoms with Gasteiger partial charge in [-0.1, -0.05) is 42.0 Å². The molecule has 4 aromatic rings. The Kier molecular flexibility index (Phi) is 7.70. The quantitative estimate of drug-likeness (QED) is 0.322. The highest BCUT2D eigenvalue weighted by molar-refractivity contribution is 7.12. The van der Waals surface area contributed by atoms with E-state index in [1.165, 1.54) is 27.4 Å². The second-order valence-electron chi connectivity index (χ2n) is 9.34. The molecule has 2 aromatic heterocycles. The van der Waals surface area contributed by atoms with Crippen LogP contribution in [0.25, 0.3) is 0 Å². The summed E-state index contributed by atoms with van der Waals surface area (Å²) in [5.74, 6) is -0.439. The Hall–Kier alpha value is -4.17. The highest BCUT2D eigenvalue weighted by atomic mass is 32.1. The summed E-state index contributed by atoms with van der Waals surface area (Å²) < 4.78 is 5.39. The summed E-state index contributed by atoms with van der Waals surface area (Å²) in [4.78, 5) is 42.3. The number of carbonyl (C=O) groups excluding carboxylic acids is 3. The fraction of sp³-hybridized carbons (Fsp3) is 0.233. The second-order valence-corrected chi connectivity index (χ2v) is 10.3. The molecule has 0 aliphatic heterocycles. The smallest absolute Gasteiger partial charge is 0.261 e. The molecular weight excluding hydrogens is 498 g/mol. The lowest BCUT2D eigenvalue weighted by Gasteiger charge is -2.32. The minimum absolute atomic E-state index is 0.190. The summed E-state index contributed by atoms with van der Waals surface area (Å²) in [6.45, 7) is 1.91. The van der Waals surface area contributed by atoms with Gasteiger partial charge in [0.15, 0.2) is 0 Å². The third-order valence-electron chi connectivity index (χ3n) is 6.69. The normalized spacial score (nSPS) is 13.0. The van der Waals surface area contributed by atoms with E-state index in [9.17, 15) is 14.4 Å². The van der Waals surface area contributed by atoms with Crippen molar-refractivity contribution in [2.45, 2.75) is 38.8 Å². The zero-order chi connectivity index (χ0) is 26.5. The number of hydrogen-bond donors (Lipinski definition) is 2. The maximum atomic E-state index is 13.9. The molecule has 1 atom stereocenters.